The number of nitrogens with zero attached hydrogens (tertiary/aromatic N) is 3. The molecule has 2 rings (SSSR count). The minimum Gasteiger partial charge on any atom is -0.369 e. The third-order valence-corrected chi connectivity index (χ3v) is 3.62. The predicted molar refractivity (Wildman–Crippen MR) is 89.0 cm³/mol. The molecule has 2 aromatic heterocycles. The second-order valence-corrected chi connectivity index (χ2v) is 5.44. The first-order chi connectivity index (χ1) is 10.3. The van der Waals surface area contributed by atoms with Crippen LogP contribution in [0.25, 0.3) is 5.65 Å². The summed E-state index contributed by atoms with van der Waals surface area (Å²) in [6, 6.07) is 0.472. The van der Waals surface area contributed by atoms with E-state index in [0.29, 0.717) is 6.04 Å². The molecule has 5 heteroatoms. The van der Waals surface area contributed by atoms with Crippen molar-refractivity contribution in [3.8, 4) is 0 Å². The van der Waals surface area contributed by atoms with Gasteiger partial charge in [0.05, 0.1) is 6.20 Å². The van der Waals surface area contributed by atoms with Crippen molar-refractivity contribution < 1.29 is 0 Å². The van der Waals surface area contributed by atoms with E-state index in [0.717, 1.165) is 23.8 Å². The number of unbranched alkanes of at least 4 members (excludes halogenated alkanes) is 1. The van der Waals surface area contributed by atoms with Crippen molar-refractivity contribution in [1.29, 1.82) is 0 Å². The van der Waals surface area contributed by atoms with Crippen molar-refractivity contribution in [2.45, 2.75) is 58.9 Å². The number of anilines is 2. The van der Waals surface area contributed by atoms with Crippen molar-refractivity contribution in [2.75, 3.05) is 17.2 Å². The lowest BCUT2D eigenvalue weighted by atomic mass is 10.1. The van der Waals surface area contributed by atoms with Crippen molar-refractivity contribution in [3.63, 3.8) is 0 Å². The minimum absolute atomic E-state index is 0.472. The molecule has 5 nitrogen and oxygen atoms in total. The Hall–Kier alpha value is -1.78. The average Bonchev–Trinajstić information content (AvgIpc) is 2.94. The van der Waals surface area contributed by atoms with Crippen LogP contribution in [-0.2, 0) is 0 Å². The summed E-state index contributed by atoms with van der Waals surface area (Å²) in [5.41, 5.74) is 0.897. The highest BCUT2D eigenvalue weighted by atomic mass is 15.1. The molecule has 1 atom stereocenters. The zero-order valence-electron chi connectivity index (χ0n) is 13.4. The maximum Gasteiger partial charge on any atom is 0.180 e. The van der Waals surface area contributed by atoms with Crippen LogP contribution in [0.4, 0.5) is 11.6 Å². The third-order valence-electron chi connectivity index (χ3n) is 3.62. The van der Waals surface area contributed by atoms with Gasteiger partial charge < -0.3 is 15.0 Å². The standard InChI is InChI=1S/C16H27N5/c1-4-7-9-13(8-5-2)19-15-16-18-10-11-21(16)12-14(20-15)17-6-3/h10-13,17H,4-9H2,1-3H3,(H,19,20). The molecule has 0 aliphatic carbocycles. The van der Waals surface area contributed by atoms with Gasteiger partial charge in [0, 0.05) is 25.0 Å². The molecule has 2 N–H and O–H groups in total. The molecular formula is C16H27N5. The molecule has 0 spiro atoms. The summed E-state index contributed by atoms with van der Waals surface area (Å²) in [6.45, 7) is 7.41. The van der Waals surface area contributed by atoms with Gasteiger partial charge in [-0.25, -0.2) is 9.97 Å². The van der Waals surface area contributed by atoms with E-state index in [2.05, 4.69) is 41.4 Å². The first-order valence-corrected chi connectivity index (χ1v) is 8.12. The molecule has 0 aliphatic rings. The molecular weight excluding hydrogens is 262 g/mol. The molecule has 21 heavy (non-hydrogen) atoms. The molecule has 0 radical (unpaired) electrons. The van der Waals surface area contributed by atoms with E-state index < -0.39 is 0 Å². The van der Waals surface area contributed by atoms with Crippen molar-refractivity contribution in [2.24, 2.45) is 0 Å². The van der Waals surface area contributed by atoms with Gasteiger partial charge in [-0.2, -0.15) is 0 Å². The number of imidazole rings is 1. The molecule has 0 bridgehead atoms. The van der Waals surface area contributed by atoms with Gasteiger partial charge in [0.15, 0.2) is 11.5 Å². The highest BCUT2D eigenvalue weighted by Crippen LogP contribution is 2.20. The van der Waals surface area contributed by atoms with Crippen LogP contribution in [0.2, 0.25) is 0 Å². The maximum atomic E-state index is 4.69. The van der Waals surface area contributed by atoms with Crippen LogP contribution in [0.1, 0.15) is 52.9 Å². The smallest absolute Gasteiger partial charge is 0.180 e. The highest BCUT2D eigenvalue weighted by molar-refractivity contribution is 5.65. The molecule has 2 aromatic rings. The van der Waals surface area contributed by atoms with Crippen LogP contribution in [0.5, 0.6) is 0 Å². The topological polar surface area (TPSA) is 54.2 Å². The molecule has 0 aliphatic heterocycles. The zero-order chi connectivity index (χ0) is 15.1. The Bertz CT molecular complexity index is 549. The van der Waals surface area contributed by atoms with Gasteiger partial charge in [-0.3, -0.25) is 0 Å². The average molecular weight is 289 g/mol. The van der Waals surface area contributed by atoms with E-state index in [1.165, 1.54) is 32.1 Å². The third kappa shape index (κ3) is 4.09. The first kappa shape index (κ1) is 15.6. The predicted octanol–water partition coefficient (Wildman–Crippen LogP) is 3.93. The molecule has 116 valence electrons. The summed E-state index contributed by atoms with van der Waals surface area (Å²) >= 11 is 0. The maximum absolute atomic E-state index is 4.69. The van der Waals surface area contributed by atoms with Gasteiger partial charge in [-0.15, -0.1) is 0 Å². The Balaban J connectivity index is 2.23. The molecule has 0 saturated carbocycles. The summed E-state index contributed by atoms with van der Waals surface area (Å²) in [4.78, 5) is 9.11. The van der Waals surface area contributed by atoms with E-state index in [9.17, 15) is 0 Å². The van der Waals surface area contributed by atoms with E-state index in [-0.39, 0.29) is 0 Å². The quantitative estimate of drug-likeness (QED) is 0.734. The summed E-state index contributed by atoms with van der Waals surface area (Å²) in [6.07, 6.45) is 11.8. The Morgan fingerprint density at radius 3 is 2.76 bits per heavy atom. The molecule has 2 heterocycles. The Kier molecular flexibility index (Phi) is 5.84. The Labute approximate surface area is 127 Å². The lowest BCUT2D eigenvalue weighted by Crippen LogP contribution is -2.21. The minimum atomic E-state index is 0.472. The van der Waals surface area contributed by atoms with E-state index in [1.807, 2.05) is 23.0 Å². The number of hydrogen-bond donors (Lipinski definition) is 2. The fourth-order valence-corrected chi connectivity index (χ4v) is 2.58. The van der Waals surface area contributed by atoms with Crippen molar-refractivity contribution >= 4 is 17.3 Å². The zero-order valence-corrected chi connectivity index (χ0v) is 13.4. The number of fused-ring (bicyclic) bond motifs is 1. The summed E-state index contributed by atoms with van der Waals surface area (Å²) in [7, 11) is 0. The van der Waals surface area contributed by atoms with E-state index >= 15 is 0 Å². The van der Waals surface area contributed by atoms with Gasteiger partial charge >= 0.3 is 0 Å². The summed E-state index contributed by atoms with van der Waals surface area (Å²) < 4.78 is 2.02. The molecule has 0 saturated heterocycles. The van der Waals surface area contributed by atoms with Crippen LogP contribution < -0.4 is 10.6 Å². The van der Waals surface area contributed by atoms with Crippen molar-refractivity contribution in [3.05, 3.63) is 18.6 Å². The number of nitrogens with one attached hydrogen (secondary N) is 2. The molecule has 0 aromatic carbocycles. The first-order valence-electron chi connectivity index (χ1n) is 8.12. The summed E-state index contributed by atoms with van der Waals surface area (Å²) in [5.74, 6) is 1.77. The van der Waals surface area contributed by atoms with E-state index in [1.54, 1.807) is 0 Å². The van der Waals surface area contributed by atoms with Gasteiger partial charge in [0.1, 0.15) is 5.82 Å². The van der Waals surface area contributed by atoms with Crippen LogP contribution in [0.3, 0.4) is 0 Å². The normalized spacial score (nSPS) is 12.5. The molecule has 0 fully saturated rings. The second-order valence-electron chi connectivity index (χ2n) is 5.44. The van der Waals surface area contributed by atoms with E-state index in [4.69, 9.17) is 0 Å². The largest absolute Gasteiger partial charge is 0.369 e. The number of rotatable bonds is 9. The Morgan fingerprint density at radius 2 is 2.05 bits per heavy atom. The number of hydrogen-bond acceptors (Lipinski definition) is 4. The fourth-order valence-electron chi connectivity index (χ4n) is 2.58. The SMILES string of the molecule is CCCCC(CCC)Nc1nc(NCC)cn2ccnc12. The van der Waals surface area contributed by atoms with Gasteiger partial charge in [0.2, 0.25) is 0 Å². The fraction of sp³-hybridized carbons (Fsp3) is 0.625. The van der Waals surface area contributed by atoms with Gasteiger partial charge in [0.25, 0.3) is 0 Å². The Morgan fingerprint density at radius 1 is 1.19 bits per heavy atom. The van der Waals surface area contributed by atoms with Crippen LogP contribution in [0, 0.1) is 0 Å². The second kappa shape index (κ2) is 7.86. The number of aromatic nitrogens is 3. The van der Waals surface area contributed by atoms with Crippen LogP contribution >= 0.6 is 0 Å². The van der Waals surface area contributed by atoms with Crippen molar-refractivity contribution in [1.82, 2.24) is 14.4 Å². The van der Waals surface area contributed by atoms with Gasteiger partial charge in [-0.1, -0.05) is 33.1 Å². The van der Waals surface area contributed by atoms with Crippen LogP contribution in [-0.4, -0.2) is 27.0 Å². The molecule has 0 amide bonds. The summed E-state index contributed by atoms with van der Waals surface area (Å²) in [5, 5.41) is 6.89. The van der Waals surface area contributed by atoms with Crippen LogP contribution in [0.15, 0.2) is 18.6 Å². The molecule has 1 unspecified atom stereocenters. The highest BCUT2D eigenvalue weighted by Gasteiger charge is 2.12. The monoisotopic (exact) mass is 289 g/mol. The van der Waals surface area contributed by atoms with Gasteiger partial charge in [-0.05, 0) is 19.8 Å². The lowest BCUT2D eigenvalue weighted by molar-refractivity contribution is 0.563. The lowest BCUT2D eigenvalue weighted by Gasteiger charge is -2.19.